The molecule has 3 N–H and O–H groups in total. The van der Waals surface area contributed by atoms with Crippen LogP contribution in [0.25, 0.3) is 0 Å². The number of hydrogen-bond acceptors (Lipinski definition) is 5. The van der Waals surface area contributed by atoms with Crippen LogP contribution in [0, 0.1) is 5.92 Å². The molecule has 7 nitrogen and oxygen atoms in total. The summed E-state index contributed by atoms with van der Waals surface area (Å²) in [6.45, 7) is 5.31. The van der Waals surface area contributed by atoms with Crippen LogP contribution in [0.1, 0.15) is 51.2 Å². The molecule has 0 bridgehead atoms. The van der Waals surface area contributed by atoms with E-state index in [0.717, 1.165) is 37.8 Å². The molecule has 1 saturated carbocycles. The van der Waals surface area contributed by atoms with Crippen molar-refractivity contribution in [2.45, 2.75) is 51.7 Å². The van der Waals surface area contributed by atoms with Crippen molar-refractivity contribution in [3.05, 3.63) is 30.1 Å². The molecule has 0 spiro atoms. The van der Waals surface area contributed by atoms with E-state index in [4.69, 9.17) is 4.74 Å². The van der Waals surface area contributed by atoms with Gasteiger partial charge in [0.15, 0.2) is 5.96 Å². The molecule has 152 valence electrons. The number of ether oxygens (including phenoxy) is 1. The molecule has 2 rings (SSSR count). The molecule has 1 aliphatic carbocycles. The first-order chi connectivity index (χ1) is 12.6. The Morgan fingerprint density at radius 3 is 2.56 bits per heavy atom. The van der Waals surface area contributed by atoms with E-state index >= 15 is 0 Å². The second-order valence-electron chi connectivity index (χ2n) is 6.46. The molecule has 1 aliphatic rings. The first-order valence-corrected chi connectivity index (χ1v) is 9.43. The van der Waals surface area contributed by atoms with Crippen LogP contribution in [0.15, 0.2) is 29.5 Å². The van der Waals surface area contributed by atoms with Gasteiger partial charge in [0.25, 0.3) is 0 Å². The van der Waals surface area contributed by atoms with Gasteiger partial charge in [0.2, 0.25) is 0 Å². The quantitative estimate of drug-likeness (QED) is 0.235. The number of hydrogen-bond donors (Lipinski definition) is 3. The van der Waals surface area contributed by atoms with E-state index in [1.807, 2.05) is 13.8 Å². The first-order valence-electron chi connectivity index (χ1n) is 9.43. The zero-order valence-electron chi connectivity index (χ0n) is 16.1. The highest BCUT2D eigenvalue weighted by Crippen LogP contribution is 2.25. The number of pyridine rings is 1. The number of aromatic nitrogens is 1. The smallest absolute Gasteiger partial charge is 0.308 e. The molecule has 0 radical (unpaired) electrons. The Labute approximate surface area is 178 Å². The number of carbonyl (C=O) groups excluding carboxylic acids is 1. The lowest BCUT2D eigenvalue weighted by molar-refractivity contribution is -0.149. The summed E-state index contributed by atoms with van der Waals surface area (Å²) < 4.78 is 5.12. The molecule has 0 amide bonds. The van der Waals surface area contributed by atoms with E-state index in [1.165, 1.54) is 0 Å². The predicted molar refractivity (Wildman–Crippen MR) is 116 cm³/mol. The van der Waals surface area contributed by atoms with Crippen LogP contribution in [0.5, 0.6) is 0 Å². The molecule has 1 heterocycles. The van der Waals surface area contributed by atoms with Gasteiger partial charge in [-0.15, -0.1) is 24.0 Å². The van der Waals surface area contributed by atoms with Gasteiger partial charge in [-0.25, -0.2) is 0 Å². The minimum atomic E-state index is -0.659. The van der Waals surface area contributed by atoms with E-state index in [1.54, 1.807) is 24.5 Å². The molecule has 0 aromatic carbocycles. The van der Waals surface area contributed by atoms with Crippen LogP contribution in [0.3, 0.4) is 0 Å². The van der Waals surface area contributed by atoms with Crippen LogP contribution >= 0.6 is 24.0 Å². The largest absolute Gasteiger partial charge is 0.466 e. The van der Waals surface area contributed by atoms with Crippen molar-refractivity contribution in [3.8, 4) is 0 Å². The summed E-state index contributed by atoms with van der Waals surface area (Å²) in [5.41, 5.74) is 0.801. The van der Waals surface area contributed by atoms with Gasteiger partial charge >= 0.3 is 5.97 Å². The van der Waals surface area contributed by atoms with Crippen LogP contribution in [0.2, 0.25) is 0 Å². The van der Waals surface area contributed by atoms with Gasteiger partial charge in [0.05, 0.1) is 25.2 Å². The van der Waals surface area contributed by atoms with Crippen molar-refractivity contribution in [1.29, 1.82) is 0 Å². The molecule has 0 saturated heterocycles. The van der Waals surface area contributed by atoms with E-state index in [-0.39, 0.29) is 48.5 Å². The molecule has 1 aromatic rings. The SMILES string of the molecule is CCNC(=NCC(O)c1ccncc1)NC1CCC(C(=O)OCC)CC1.I. The van der Waals surface area contributed by atoms with Gasteiger partial charge in [0, 0.05) is 25.0 Å². The van der Waals surface area contributed by atoms with Gasteiger partial charge in [-0.3, -0.25) is 14.8 Å². The summed E-state index contributed by atoms with van der Waals surface area (Å²) in [7, 11) is 0. The zero-order valence-corrected chi connectivity index (χ0v) is 18.4. The third kappa shape index (κ3) is 8.00. The van der Waals surface area contributed by atoms with Crippen LogP contribution in [-0.4, -0.2) is 47.8 Å². The molecular weight excluding hydrogens is 459 g/mol. The van der Waals surface area contributed by atoms with Gasteiger partial charge in [-0.2, -0.15) is 0 Å². The van der Waals surface area contributed by atoms with Crippen molar-refractivity contribution in [1.82, 2.24) is 15.6 Å². The number of carbonyl (C=O) groups is 1. The fourth-order valence-electron chi connectivity index (χ4n) is 3.12. The summed E-state index contributed by atoms with van der Waals surface area (Å²) in [4.78, 5) is 20.3. The Kier molecular flexibility index (Phi) is 11.3. The highest BCUT2D eigenvalue weighted by Gasteiger charge is 2.27. The maximum Gasteiger partial charge on any atom is 0.308 e. The Hall–Kier alpha value is -1.42. The Morgan fingerprint density at radius 2 is 1.96 bits per heavy atom. The molecule has 1 aromatic heterocycles. The molecule has 27 heavy (non-hydrogen) atoms. The molecule has 1 unspecified atom stereocenters. The Bertz CT molecular complexity index is 578. The summed E-state index contributed by atoms with van der Waals surface area (Å²) in [6, 6.07) is 3.85. The van der Waals surface area contributed by atoms with Crippen molar-refractivity contribution in [3.63, 3.8) is 0 Å². The number of rotatable bonds is 7. The molecular formula is C19H31IN4O3. The second kappa shape index (κ2) is 12.9. The van der Waals surface area contributed by atoms with Crippen molar-refractivity contribution < 1.29 is 14.6 Å². The maximum atomic E-state index is 11.8. The number of halogens is 1. The summed E-state index contributed by atoms with van der Waals surface area (Å²) in [5, 5.41) is 16.9. The predicted octanol–water partition coefficient (Wildman–Crippen LogP) is 2.41. The maximum absolute atomic E-state index is 11.8. The molecule has 1 atom stereocenters. The highest BCUT2D eigenvalue weighted by atomic mass is 127. The normalized spacial score (nSPS) is 20.9. The van der Waals surface area contributed by atoms with Crippen LogP contribution < -0.4 is 10.6 Å². The highest BCUT2D eigenvalue weighted by molar-refractivity contribution is 14.0. The van der Waals surface area contributed by atoms with Crippen molar-refractivity contribution >= 4 is 35.9 Å². The average Bonchev–Trinajstić information content (AvgIpc) is 2.67. The topological polar surface area (TPSA) is 95.8 Å². The third-order valence-corrected chi connectivity index (χ3v) is 4.55. The van der Waals surface area contributed by atoms with E-state index in [2.05, 4.69) is 20.6 Å². The molecule has 0 aliphatic heterocycles. The lowest BCUT2D eigenvalue weighted by Crippen LogP contribution is -2.45. The number of guanidine groups is 1. The van der Waals surface area contributed by atoms with Crippen LogP contribution in [-0.2, 0) is 9.53 Å². The summed E-state index contributed by atoms with van der Waals surface area (Å²) >= 11 is 0. The fourth-order valence-corrected chi connectivity index (χ4v) is 3.12. The minimum absolute atomic E-state index is 0. The second-order valence-corrected chi connectivity index (χ2v) is 6.46. The number of nitrogens with one attached hydrogen (secondary N) is 2. The number of esters is 1. The summed E-state index contributed by atoms with van der Waals surface area (Å²) in [6.07, 6.45) is 6.13. The number of aliphatic hydroxyl groups excluding tert-OH is 1. The Balaban J connectivity index is 0.00000364. The average molecular weight is 490 g/mol. The molecule has 1 fully saturated rings. The van der Waals surface area contributed by atoms with E-state index in [9.17, 15) is 9.90 Å². The van der Waals surface area contributed by atoms with E-state index < -0.39 is 6.10 Å². The lowest BCUT2D eigenvalue weighted by atomic mass is 9.86. The van der Waals surface area contributed by atoms with E-state index in [0.29, 0.717) is 12.6 Å². The summed E-state index contributed by atoms with van der Waals surface area (Å²) in [5.74, 6) is 0.633. The minimum Gasteiger partial charge on any atom is -0.466 e. The standard InChI is InChI=1S/C19H30N4O3.HI/c1-3-21-19(22-13-17(24)14-9-11-20-12-10-14)23-16-7-5-15(6-8-16)18(25)26-4-2;/h9-12,15-17,24H,3-8,13H2,1-2H3,(H2,21,22,23);1H. The lowest BCUT2D eigenvalue weighted by Gasteiger charge is -2.29. The first kappa shape index (κ1) is 23.6. The van der Waals surface area contributed by atoms with Crippen LogP contribution in [0.4, 0.5) is 0 Å². The zero-order chi connectivity index (χ0) is 18.8. The fraction of sp³-hybridized carbons (Fsp3) is 0.632. The van der Waals surface area contributed by atoms with Gasteiger partial charge < -0.3 is 20.5 Å². The van der Waals surface area contributed by atoms with Gasteiger partial charge in [-0.05, 0) is 57.2 Å². The molecule has 8 heteroatoms. The van der Waals surface area contributed by atoms with Gasteiger partial charge in [0.1, 0.15) is 0 Å². The Morgan fingerprint density at radius 1 is 1.30 bits per heavy atom. The van der Waals surface area contributed by atoms with Crippen molar-refractivity contribution in [2.24, 2.45) is 10.9 Å². The number of aliphatic imine (C=N–C) groups is 1. The third-order valence-electron chi connectivity index (χ3n) is 4.55. The monoisotopic (exact) mass is 490 g/mol. The van der Waals surface area contributed by atoms with Crippen molar-refractivity contribution in [2.75, 3.05) is 19.7 Å². The number of aliphatic hydroxyl groups is 1. The van der Waals surface area contributed by atoms with Gasteiger partial charge in [-0.1, -0.05) is 0 Å². The number of nitrogens with zero attached hydrogens (tertiary/aromatic N) is 2.